The summed E-state index contributed by atoms with van der Waals surface area (Å²) in [4.78, 5) is 4.80. The highest BCUT2D eigenvalue weighted by Crippen LogP contribution is 2.34. The number of thiazole rings is 1. The van der Waals surface area contributed by atoms with Gasteiger partial charge in [0.1, 0.15) is 0 Å². The first-order valence-electron chi connectivity index (χ1n) is 7.15. The van der Waals surface area contributed by atoms with E-state index in [0.717, 1.165) is 18.9 Å². The van der Waals surface area contributed by atoms with Crippen molar-refractivity contribution in [2.75, 3.05) is 6.54 Å². The van der Waals surface area contributed by atoms with Gasteiger partial charge in [0.05, 0.1) is 10.7 Å². The van der Waals surface area contributed by atoms with Crippen LogP contribution < -0.4 is 5.73 Å². The van der Waals surface area contributed by atoms with Gasteiger partial charge in [-0.05, 0) is 18.4 Å². The Morgan fingerprint density at radius 3 is 2.56 bits per heavy atom. The normalized spacial score (nSPS) is 19.3. The van der Waals surface area contributed by atoms with Crippen molar-refractivity contribution in [1.29, 1.82) is 0 Å². The summed E-state index contributed by atoms with van der Waals surface area (Å²) < 4.78 is 0. The third kappa shape index (κ3) is 3.33. The molecule has 1 fully saturated rings. The molecule has 3 heteroatoms. The number of hydrogen-bond donors (Lipinski definition) is 1. The predicted molar refractivity (Wildman–Crippen MR) is 79.0 cm³/mol. The van der Waals surface area contributed by atoms with Gasteiger partial charge < -0.3 is 5.73 Å². The molecule has 1 heterocycles. The monoisotopic (exact) mass is 266 g/mol. The van der Waals surface area contributed by atoms with E-state index in [1.54, 1.807) is 0 Å². The average molecular weight is 266 g/mol. The third-order valence-corrected chi connectivity index (χ3v) is 5.00. The molecule has 1 saturated carbocycles. The van der Waals surface area contributed by atoms with Gasteiger partial charge in [-0.25, -0.2) is 4.98 Å². The van der Waals surface area contributed by atoms with Crippen molar-refractivity contribution in [2.24, 2.45) is 17.6 Å². The van der Waals surface area contributed by atoms with E-state index in [4.69, 9.17) is 10.7 Å². The third-order valence-electron chi connectivity index (χ3n) is 4.13. The Labute approximate surface area is 115 Å². The number of hydrogen-bond acceptors (Lipinski definition) is 3. The van der Waals surface area contributed by atoms with Crippen LogP contribution in [0.5, 0.6) is 0 Å². The minimum atomic E-state index is 0.167. The molecule has 1 aromatic rings. The van der Waals surface area contributed by atoms with E-state index in [1.807, 2.05) is 11.3 Å². The molecule has 102 valence electrons. The lowest BCUT2D eigenvalue weighted by molar-refractivity contribution is 0.344. The highest BCUT2D eigenvalue weighted by Gasteiger charge is 2.25. The molecule has 1 unspecified atom stereocenters. The minimum Gasteiger partial charge on any atom is -0.330 e. The maximum Gasteiger partial charge on any atom is 0.0931 e. The van der Waals surface area contributed by atoms with Crippen LogP contribution >= 0.6 is 11.3 Å². The van der Waals surface area contributed by atoms with Crippen LogP contribution in [0.2, 0.25) is 0 Å². The number of nitrogens with zero attached hydrogens (tertiary/aromatic N) is 1. The number of rotatable bonds is 4. The van der Waals surface area contributed by atoms with E-state index >= 15 is 0 Å². The Hall–Kier alpha value is -0.410. The summed E-state index contributed by atoms with van der Waals surface area (Å²) in [7, 11) is 0. The van der Waals surface area contributed by atoms with Crippen LogP contribution in [0.15, 0.2) is 5.38 Å². The smallest absolute Gasteiger partial charge is 0.0931 e. The van der Waals surface area contributed by atoms with Gasteiger partial charge in [-0.1, -0.05) is 46.5 Å². The Morgan fingerprint density at radius 1 is 1.39 bits per heavy atom. The summed E-state index contributed by atoms with van der Waals surface area (Å²) in [5.41, 5.74) is 7.36. The van der Waals surface area contributed by atoms with Gasteiger partial charge in [0, 0.05) is 17.2 Å². The van der Waals surface area contributed by atoms with Crippen LogP contribution in [-0.2, 0) is 11.8 Å². The van der Waals surface area contributed by atoms with E-state index in [2.05, 4.69) is 26.2 Å². The van der Waals surface area contributed by atoms with E-state index in [9.17, 15) is 0 Å². The van der Waals surface area contributed by atoms with Crippen molar-refractivity contribution >= 4 is 11.3 Å². The molecule has 1 aromatic heterocycles. The van der Waals surface area contributed by atoms with Gasteiger partial charge in [-0.15, -0.1) is 11.3 Å². The second-order valence-electron chi connectivity index (χ2n) is 6.62. The Balaban J connectivity index is 2.01. The summed E-state index contributed by atoms with van der Waals surface area (Å²) >= 11 is 1.81. The highest BCUT2D eigenvalue weighted by atomic mass is 32.1. The Bertz CT molecular complexity index is 372. The molecule has 0 aliphatic heterocycles. The van der Waals surface area contributed by atoms with Crippen LogP contribution in [-0.4, -0.2) is 11.5 Å². The second-order valence-corrected chi connectivity index (χ2v) is 7.56. The molecule has 0 aromatic carbocycles. The molecule has 1 atom stereocenters. The fraction of sp³-hybridized carbons (Fsp3) is 0.800. The first-order valence-corrected chi connectivity index (χ1v) is 8.03. The lowest BCUT2D eigenvalue weighted by atomic mass is 9.88. The zero-order valence-electron chi connectivity index (χ0n) is 11.9. The highest BCUT2D eigenvalue weighted by molar-refractivity contribution is 7.09. The molecule has 1 aliphatic carbocycles. The topological polar surface area (TPSA) is 38.9 Å². The first-order chi connectivity index (χ1) is 8.50. The molecule has 2 rings (SSSR count). The zero-order chi connectivity index (χ0) is 13.2. The SMILES string of the molecule is CC(C)(C)c1csc(CC(CN)C2CCCC2)n1. The fourth-order valence-corrected chi connectivity index (χ4v) is 3.96. The lowest BCUT2D eigenvalue weighted by Crippen LogP contribution is -2.24. The molecule has 0 spiro atoms. The number of nitrogens with two attached hydrogens (primary N) is 1. The van der Waals surface area contributed by atoms with Crippen LogP contribution in [0, 0.1) is 11.8 Å². The predicted octanol–water partition coefficient (Wildman–Crippen LogP) is 3.75. The fourth-order valence-electron chi connectivity index (χ4n) is 2.84. The van der Waals surface area contributed by atoms with Crippen LogP contribution in [0.25, 0.3) is 0 Å². The maximum absolute atomic E-state index is 5.97. The molecule has 0 bridgehead atoms. The van der Waals surface area contributed by atoms with Crippen molar-refractivity contribution in [3.63, 3.8) is 0 Å². The van der Waals surface area contributed by atoms with Gasteiger partial charge in [0.25, 0.3) is 0 Å². The number of aromatic nitrogens is 1. The largest absolute Gasteiger partial charge is 0.330 e. The average Bonchev–Trinajstić information content (AvgIpc) is 2.95. The van der Waals surface area contributed by atoms with Gasteiger partial charge in [0.15, 0.2) is 0 Å². The molecular weight excluding hydrogens is 240 g/mol. The van der Waals surface area contributed by atoms with Crippen molar-refractivity contribution < 1.29 is 0 Å². The van der Waals surface area contributed by atoms with E-state index in [-0.39, 0.29) is 5.41 Å². The molecule has 0 saturated heterocycles. The molecule has 2 nitrogen and oxygen atoms in total. The quantitative estimate of drug-likeness (QED) is 0.901. The van der Waals surface area contributed by atoms with E-state index in [0.29, 0.717) is 5.92 Å². The summed E-state index contributed by atoms with van der Waals surface area (Å²) in [5.74, 6) is 1.49. The maximum atomic E-state index is 5.97. The minimum absolute atomic E-state index is 0.167. The van der Waals surface area contributed by atoms with Gasteiger partial charge in [-0.3, -0.25) is 0 Å². The van der Waals surface area contributed by atoms with Crippen molar-refractivity contribution in [3.8, 4) is 0 Å². The molecule has 2 N–H and O–H groups in total. The molecule has 1 aliphatic rings. The summed E-state index contributed by atoms with van der Waals surface area (Å²) in [5, 5.41) is 3.50. The summed E-state index contributed by atoms with van der Waals surface area (Å²) in [6.45, 7) is 7.49. The summed E-state index contributed by atoms with van der Waals surface area (Å²) in [6, 6.07) is 0. The van der Waals surface area contributed by atoms with Crippen molar-refractivity contribution in [2.45, 2.75) is 58.3 Å². The molecule has 18 heavy (non-hydrogen) atoms. The van der Waals surface area contributed by atoms with Crippen molar-refractivity contribution in [1.82, 2.24) is 4.98 Å². The standard InChI is InChI=1S/C15H26N2S/c1-15(2,3)13-10-18-14(17-13)8-12(9-16)11-6-4-5-7-11/h10-12H,4-9,16H2,1-3H3. The van der Waals surface area contributed by atoms with E-state index < -0.39 is 0 Å². The van der Waals surface area contributed by atoms with E-state index in [1.165, 1.54) is 36.4 Å². The molecule has 0 radical (unpaired) electrons. The Kier molecular flexibility index (Phi) is 4.44. The lowest BCUT2D eigenvalue weighted by Gasteiger charge is -2.20. The Morgan fingerprint density at radius 2 is 2.06 bits per heavy atom. The van der Waals surface area contributed by atoms with Gasteiger partial charge in [-0.2, -0.15) is 0 Å². The molecular formula is C15H26N2S. The van der Waals surface area contributed by atoms with Crippen LogP contribution in [0.3, 0.4) is 0 Å². The zero-order valence-corrected chi connectivity index (χ0v) is 12.7. The second kappa shape index (κ2) is 5.70. The summed E-state index contributed by atoms with van der Waals surface area (Å²) in [6.07, 6.45) is 6.62. The van der Waals surface area contributed by atoms with Crippen molar-refractivity contribution in [3.05, 3.63) is 16.1 Å². The van der Waals surface area contributed by atoms with Gasteiger partial charge in [0.2, 0.25) is 0 Å². The van der Waals surface area contributed by atoms with Crippen LogP contribution in [0.1, 0.15) is 57.2 Å². The van der Waals surface area contributed by atoms with Crippen LogP contribution in [0.4, 0.5) is 0 Å². The first kappa shape index (κ1) is 14.0. The molecule has 0 amide bonds. The van der Waals surface area contributed by atoms with Gasteiger partial charge >= 0.3 is 0 Å².